The standard InChI is InChI=1S/C15H14FNO3/c1-17(9-14(18)20-2)15(19)12-7-8-13(16)11-6-4-3-5-10(11)12/h3-8H,9H2,1-2H3. The van der Waals surface area contributed by atoms with Gasteiger partial charge in [0.2, 0.25) is 0 Å². The summed E-state index contributed by atoms with van der Waals surface area (Å²) in [6, 6.07) is 9.41. The first-order valence-electron chi connectivity index (χ1n) is 6.04. The van der Waals surface area contributed by atoms with Gasteiger partial charge in [-0.1, -0.05) is 24.3 Å². The van der Waals surface area contributed by atoms with E-state index in [0.29, 0.717) is 16.3 Å². The molecule has 0 unspecified atom stereocenters. The van der Waals surface area contributed by atoms with Crippen molar-refractivity contribution in [2.45, 2.75) is 0 Å². The van der Waals surface area contributed by atoms with Gasteiger partial charge in [-0.05, 0) is 17.5 Å². The number of esters is 1. The second kappa shape index (κ2) is 5.69. The highest BCUT2D eigenvalue weighted by Gasteiger charge is 2.18. The summed E-state index contributed by atoms with van der Waals surface area (Å²) in [7, 11) is 2.76. The molecule has 1 amide bonds. The van der Waals surface area contributed by atoms with Crippen molar-refractivity contribution in [1.29, 1.82) is 0 Å². The Balaban J connectivity index is 2.40. The molecular formula is C15H14FNO3. The van der Waals surface area contributed by atoms with Gasteiger partial charge in [-0.3, -0.25) is 9.59 Å². The van der Waals surface area contributed by atoms with E-state index in [9.17, 15) is 14.0 Å². The zero-order valence-electron chi connectivity index (χ0n) is 11.2. The number of ether oxygens (including phenoxy) is 1. The number of halogens is 1. The van der Waals surface area contributed by atoms with Crippen molar-refractivity contribution >= 4 is 22.6 Å². The number of fused-ring (bicyclic) bond motifs is 1. The molecule has 0 atom stereocenters. The third-order valence-corrected chi connectivity index (χ3v) is 3.04. The van der Waals surface area contributed by atoms with Crippen molar-refractivity contribution < 1.29 is 18.7 Å². The fraction of sp³-hybridized carbons (Fsp3) is 0.200. The number of methoxy groups -OCH3 is 1. The summed E-state index contributed by atoms with van der Waals surface area (Å²) >= 11 is 0. The molecule has 0 aromatic heterocycles. The highest BCUT2D eigenvalue weighted by Crippen LogP contribution is 2.22. The van der Waals surface area contributed by atoms with E-state index in [2.05, 4.69) is 4.74 Å². The number of nitrogens with zero attached hydrogens (tertiary/aromatic N) is 1. The van der Waals surface area contributed by atoms with E-state index in [4.69, 9.17) is 0 Å². The van der Waals surface area contributed by atoms with E-state index in [0.717, 1.165) is 0 Å². The van der Waals surface area contributed by atoms with E-state index in [1.807, 2.05) is 0 Å². The molecule has 0 saturated carbocycles. The number of carbonyl (C=O) groups excluding carboxylic acids is 2. The highest BCUT2D eigenvalue weighted by molar-refractivity contribution is 6.07. The molecule has 0 aliphatic heterocycles. The first-order chi connectivity index (χ1) is 9.54. The van der Waals surface area contributed by atoms with Crippen LogP contribution in [0.25, 0.3) is 10.8 Å². The minimum absolute atomic E-state index is 0.152. The van der Waals surface area contributed by atoms with Crippen LogP contribution in [0.2, 0.25) is 0 Å². The Morgan fingerprint density at radius 1 is 1.15 bits per heavy atom. The summed E-state index contributed by atoms with van der Waals surface area (Å²) in [5, 5.41) is 0.902. The zero-order chi connectivity index (χ0) is 14.7. The van der Waals surface area contributed by atoms with Crippen LogP contribution in [-0.2, 0) is 9.53 Å². The SMILES string of the molecule is COC(=O)CN(C)C(=O)c1ccc(F)c2ccccc12. The Labute approximate surface area is 115 Å². The zero-order valence-corrected chi connectivity index (χ0v) is 11.2. The Morgan fingerprint density at radius 3 is 2.45 bits per heavy atom. The van der Waals surface area contributed by atoms with Crippen LogP contribution in [0.1, 0.15) is 10.4 Å². The van der Waals surface area contributed by atoms with Gasteiger partial charge in [0.25, 0.3) is 5.91 Å². The maximum atomic E-state index is 13.7. The quantitative estimate of drug-likeness (QED) is 0.807. The molecule has 2 rings (SSSR count). The van der Waals surface area contributed by atoms with Crippen LogP contribution in [0, 0.1) is 5.82 Å². The molecule has 0 saturated heterocycles. The lowest BCUT2D eigenvalue weighted by atomic mass is 10.0. The van der Waals surface area contributed by atoms with Crippen molar-refractivity contribution in [3.05, 3.63) is 47.8 Å². The topological polar surface area (TPSA) is 46.6 Å². The molecule has 5 heteroatoms. The van der Waals surface area contributed by atoms with E-state index in [-0.39, 0.29) is 18.3 Å². The molecule has 20 heavy (non-hydrogen) atoms. The third kappa shape index (κ3) is 2.61. The van der Waals surface area contributed by atoms with Crippen LogP contribution in [0.5, 0.6) is 0 Å². The molecule has 104 valence electrons. The largest absolute Gasteiger partial charge is 0.468 e. The number of benzene rings is 2. The second-order valence-electron chi connectivity index (χ2n) is 4.38. The first kappa shape index (κ1) is 14.0. The fourth-order valence-electron chi connectivity index (χ4n) is 1.98. The second-order valence-corrected chi connectivity index (χ2v) is 4.38. The van der Waals surface area contributed by atoms with Crippen LogP contribution >= 0.6 is 0 Å². The van der Waals surface area contributed by atoms with Crippen molar-refractivity contribution in [2.75, 3.05) is 20.7 Å². The van der Waals surface area contributed by atoms with Crippen LogP contribution in [0.3, 0.4) is 0 Å². The minimum atomic E-state index is -0.507. The molecule has 0 spiro atoms. The van der Waals surface area contributed by atoms with Gasteiger partial charge in [0.15, 0.2) is 0 Å². The molecule has 4 nitrogen and oxygen atoms in total. The number of carbonyl (C=O) groups is 2. The Bertz CT molecular complexity index is 669. The van der Waals surface area contributed by atoms with E-state index >= 15 is 0 Å². The summed E-state index contributed by atoms with van der Waals surface area (Å²) < 4.78 is 18.2. The normalized spacial score (nSPS) is 10.3. The third-order valence-electron chi connectivity index (χ3n) is 3.04. The summed E-state index contributed by atoms with van der Waals surface area (Å²) in [5.74, 6) is -1.24. The number of rotatable bonds is 3. The lowest BCUT2D eigenvalue weighted by Crippen LogP contribution is -2.32. The molecular weight excluding hydrogens is 261 g/mol. The predicted octanol–water partition coefficient (Wildman–Crippen LogP) is 2.22. The Kier molecular flexibility index (Phi) is 3.98. The van der Waals surface area contributed by atoms with Crippen LogP contribution in [0.15, 0.2) is 36.4 Å². The highest BCUT2D eigenvalue weighted by atomic mass is 19.1. The van der Waals surface area contributed by atoms with Crippen molar-refractivity contribution in [3.63, 3.8) is 0 Å². The van der Waals surface area contributed by atoms with Gasteiger partial charge in [-0.2, -0.15) is 0 Å². The molecule has 0 fully saturated rings. The van der Waals surface area contributed by atoms with Gasteiger partial charge in [0, 0.05) is 18.0 Å². The van der Waals surface area contributed by atoms with Crippen molar-refractivity contribution in [1.82, 2.24) is 4.90 Å². The number of hydrogen-bond acceptors (Lipinski definition) is 3. The van der Waals surface area contributed by atoms with Gasteiger partial charge < -0.3 is 9.64 Å². The molecule has 0 aliphatic rings. The molecule has 0 heterocycles. The molecule has 0 bridgehead atoms. The predicted molar refractivity (Wildman–Crippen MR) is 72.9 cm³/mol. The monoisotopic (exact) mass is 275 g/mol. The van der Waals surface area contributed by atoms with Crippen molar-refractivity contribution in [3.8, 4) is 0 Å². The summed E-state index contributed by atoms with van der Waals surface area (Å²) in [5.41, 5.74) is 0.355. The van der Waals surface area contributed by atoms with Gasteiger partial charge in [0.1, 0.15) is 12.4 Å². The van der Waals surface area contributed by atoms with Gasteiger partial charge in [-0.25, -0.2) is 4.39 Å². The van der Waals surface area contributed by atoms with Gasteiger partial charge in [-0.15, -0.1) is 0 Å². The molecule has 0 radical (unpaired) electrons. The molecule has 2 aromatic rings. The average molecular weight is 275 g/mol. The van der Waals surface area contributed by atoms with Crippen LogP contribution < -0.4 is 0 Å². The van der Waals surface area contributed by atoms with Crippen molar-refractivity contribution in [2.24, 2.45) is 0 Å². The smallest absolute Gasteiger partial charge is 0.325 e. The van der Waals surface area contributed by atoms with Gasteiger partial charge in [0.05, 0.1) is 7.11 Å². The molecule has 0 N–H and O–H groups in total. The first-order valence-corrected chi connectivity index (χ1v) is 6.04. The maximum Gasteiger partial charge on any atom is 0.325 e. The minimum Gasteiger partial charge on any atom is -0.468 e. The number of likely N-dealkylation sites (N-methyl/N-ethyl adjacent to an activating group) is 1. The Hall–Kier alpha value is -2.43. The fourth-order valence-corrected chi connectivity index (χ4v) is 1.98. The average Bonchev–Trinajstić information content (AvgIpc) is 2.47. The number of hydrogen-bond donors (Lipinski definition) is 0. The van der Waals surface area contributed by atoms with Gasteiger partial charge >= 0.3 is 5.97 Å². The summed E-state index contributed by atoms with van der Waals surface area (Å²) in [4.78, 5) is 24.8. The van der Waals surface area contributed by atoms with E-state index in [1.165, 1.54) is 31.2 Å². The van der Waals surface area contributed by atoms with E-state index < -0.39 is 5.97 Å². The molecule has 2 aromatic carbocycles. The number of amides is 1. The lowest BCUT2D eigenvalue weighted by molar-refractivity contribution is -0.141. The maximum absolute atomic E-state index is 13.7. The summed E-state index contributed by atoms with van der Waals surface area (Å²) in [6.07, 6.45) is 0. The summed E-state index contributed by atoms with van der Waals surface area (Å²) in [6.45, 7) is -0.152. The Morgan fingerprint density at radius 2 is 1.80 bits per heavy atom. The lowest BCUT2D eigenvalue weighted by Gasteiger charge is -2.17. The molecule has 0 aliphatic carbocycles. The van der Waals surface area contributed by atoms with Crippen LogP contribution in [-0.4, -0.2) is 37.5 Å². The van der Waals surface area contributed by atoms with Crippen LogP contribution in [0.4, 0.5) is 4.39 Å². The van der Waals surface area contributed by atoms with E-state index in [1.54, 1.807) is 24.3 Å².